The minimum atomic E-state index is -0.00897. The number of rotatable bonds is 4. The quantitative estimate of drug-likeness (QED) is 0.791. The van der Waals surface area contributed by atoms with Gasteiger partial charge in [-0.05, 0) is 49.5 Å². The average Bonchev–Trinajstić information content (AvgIpc) is 3.13. The van der Waals surface area contributed by atoms with Crippen LogP contribution in [0.1, 0.15) is 38.2 Å². The van der Waals surface area contributed by atoms with E-state index in [2.05, 4.69) is 0 Å². The lowest BCUT2D eigenvalue weighted by molar-refractivity contribution is -0.135. The van der Waals surface area contributed by atoms with Gasteiger partial charge >= 0.3 is 0 Å². The molecule has 0 unspecified atom stereocenters. The Bertz CT molecular complexity index is 642. The molecule has 0 spiro atoms. The molecule has 5 heteroatoms. The van der Waals surface area contributed by atoms with Gasteiger partial charge in [-0.15, -0.1) is 0 Å². The predicted octanol–water partition coefficient (Wildman–Crippen LogP) is 2.71. The number of piperazine rings is 1. The normalized spacial score (nSPS) is 18.8. The van der Waals surface area contributed by atoms with Crippen molar-refractivity contribution in [3.8, 4) is 5.75 Å². The van der Waals surface area contributed by atoms with Crippen LogP contribution >= 0.6 is 0 Å². The van der Waals surface area contributed by atoms with Crippen molar-refractivity contribution in [2.24, 2.45) is 0 Å². The van der Waals surface area contributed by atoms with Gasteiger partial charge in [0.05, 0.1) is 6.10 Å². The first-order valence-electron chi connectivity index (χ1n) is 9.11. The van der Waals surface area contributed by atoms with Crippen molar-refractivity contribution in [2.45, 2.75) is 38.7 Å². The van der Waals surface area contributed by atoms with E-state index in [0.29, 0.717) is 32.3 Å². The van der Waals surface area contributed by atoms with Crippen LogP contribution < -0.4 is 4.74 Å². The van der Waals surface area contributed by atoms with Gasteiger partial charge in [-0.3, -0.25) is 9.59 Å². The van der Waals surface area contributed by atoms with Crippen LogP contribution in [0.2, 0.25) is 0 Å². The minimum Gasteiger partial charge on any atom is -0.490 e. The summed E-state index contributed by atoms with van der Waals surface area (Å²) in [6.07, 6.45) is 8.53. The van der Waals surface area contributed by atoms with Gasteiger partial charge in [0, 0.05) is 39.2 Å². The van der Waals surface area contributed by atoms with Gasteiger partial charge in [-0.2, -0.15) is 0 Å². The fourth-order valence-corrected chi connectivity index (χ4v) is 3.40. The first kappa shape index (κ1) is 17.5. The smallest absolute Gasteiger partial charge is 0.246 e. The molecule has 0 radical (unpaired) electrons. The summed E-state index contributed by atoms with van der Waals surface area (Å²) in [4.78, 5) is 27.2. The second-order valence-electron chi connectivity index (χ2n) is 6.76. The van der Waals surface area contributed by atoms with Crippen molar-refractivity contribution < 1.29 is 14.3 Å². The van der Waals surface area contributed by atoms with Gasteiger partial charge < -0.3 is 14.5 Å². The lowest BCUT2D eigenvalue weighted by atomic mass is 10.2. The number of hydrogen-bond acceptors (Lipinski definition) is 3. The van der Waals surface area contributed by atoms with Crippen molar-refractivity contribution in [2.75, 3.05) is 26.2 Å². The zero-order valence-electron chi connectivity index (χ0n) is 14.8. The molecule has 1 aliphatic carbocycles. The zero-order valence-corrected chi connectivity index (χ0v) is 14.8. The molecular formula is C20H26N2O3. The summed E-state index contributed by atoms with van der Waals surface area (Å²) in [5, 5.41) is 0. The van der Waals surface area contributed by atoms with Crippen molar-refractivity contribution in [3.63, 3.8) is 0 Å². The Morgan fingerprint density at radius 3 is 2.44 bits per heavy atom. The zero-order chi connectivity index (χ0) is 17.6. The summed E-state index contributed by atoms with van der Waals surface area (Å²) in [6.45, 7) is 3.97. The highest BCUT2D eigenvalue weighted by molar-refractivity contribution is 5.92. The third-order valence-corrected chi connectivity index (χ3v) is 4.92. The number of nitrogens with zero attached hydrogens (tertiary/aromatic N) is 2. The second kappa shape index (κ2) is 8.19. The molecule has 1 heterocycles. The van der Waals surface area contributed by atoms with E-state index < -0.39 is 0 Å². The Kier molecular flexibility index (Phi) is 5.74. The Hall–Kier alpha value is -2.30. The van der Waals surface area contributed by atoms with Crippen LogP contribution in [0.25, 0.3) is 6.08 Å². The molecule has 1 aromatic carbocycles. The van der Waals surface area contributed by atoms with Crippen LogP contribution in [0.4, 0.5) is 0 Å². The fraction of sp³-hybridized carbons (Fsp3) is 0.500. The number of hydrogen-bond donors (Lipinski definition) is 0. The summed E-state index contributed by atoms with van der Waals surface area (Å²) < 4.78 is 6.01. The van der Waals surface area contributed by atoms with Crippen LogP contribution in [0.5, 0.6) is 5.75 Å². The Morgan fingerprint density at radius 1 is 1.08 bits per heavy atom. The van der Waals surface area contributed by atoms with E-state index >= 15 is 0 Å². The molecular weight excluding hydrogens is 316 g/mol. The molecule has 0 N–H and O–H groups in total. The van der Waals surface area contributed by atoms with E-state index in [9.17, 15) is 9.59 Å². The van der Waals surface area contributed by atoms with Crippen molar-refractivity contribution >= 4 is 17.9 Å². The SMILES string of the molecule is CC(=O)N1CCN(C(=O)/C=C/c2cccc(OC3CCCC3)c2)CC1. The largest absolute Gasteiger partial charge is 0.490 e. The molecule has 5 nitrogen and oxygen atoms in total. The monoisotopic (exact) mass is 342 g/mol. The van der Waals surface area contributed by atoms with E-state index in [1.165, 1.54) is 12.8 Å². The van der Waals surface area contributed by atoms with E-state index in [1.54, 1.807) is 22.8 Å². The molecule has 1 aromatic rings. The lowest BCUT2D eigenvalue weighted by Gasteiger charge is -2.33. The molecule has 2 fully saturated rings. The van der Waals surface area contributed by atoms with Gasteiger partial charge in [0.2, 0.25) is 11.8 Å². The minimum absolute atomic E-state index is 0.00897. The summed E-state index contributed by atoms with van der Waals surface area (Å²) in [7, 11) is 0. The standard InChI is InChI=1S/C20H26N2O3/c1-16(23)21-11-13-22(14-12-21)20(24)10-9-17-5-4-8-19(15-17)25-18-6-2-3-7-18/h4-5,8-10,15,18H,2-3,6-7,11-14H2,1H3/b10-9+. The molecule has 0 bridgehead atoms. The molecule has 2 aliphatic rings. The fourth-order valence-electron chi connectivity index (χ4n) is 3.40. The predicted molar refractivity (Wildman–Crippen MR) is 97.2 cm³/mol. The van der Waals surface area contributed by atoms with Crippen LogP contribution in [-0.2, 0) is 9.59 Å². The van der Waals surface area contributed by atoms with Gasteiger partial charge in [0.15, 0.2) is 0 Å². The molecule has 1 aliphatic heterocycles. The highest BCUT2D eigenvalue weighted by Crippen LogP contribution is 2.24. The number of carbonyl (C=O) groups excluding carboxylic acids is 2. The molecule has 3 rings (SSSR count). The molecule has 1 saturated carbocycles. The van der Waals surface area contributed by atoms with Crippen LogP contribution in [-0.4, -0.2) is 53.9 Å². The first-order chi connectivity index (χ1) is 12.1. The van der Waals surface area contributed by atoms with Crippen LogP contribution in [0.3, 0.4) is 0 Å². The summed E-state index contributed by atoms with van der Waals surface area (Å²) in [6, 6.07) is 7.88. The van der Waals surface area contributed by atoms with Crippen LogP contribution in [0.15, 0.2) is 30.3 Å². The highest BCUT2D eigenvalue weighted by Gasteiger charge is 2.20. The van der Waals surface area contributed by atoms with Crippen LogP contribution in [0, 0.1) is 0 Å². The lowest BCUT2D eigenvalue weighted by Crippen LogP contribution is -2.49. The molecule has 2 amide bonds. The third kappa shape index (κ3) is 4.84. The van der Waals surface area contributed by atoms with Crippen molar-refractivity contribution in [1.82, 2.24) is 9.80 Å². The number of ether oxygens (including phenoxy) is 1. The van der Waals surface area contributed by atoms with E-state index in [4.69, 9.17) is 4.74 Å². The Morgan fingerprint density at radius 2 is 1.76 bits per heavy atom. The summed E-state index contributed by atoms with van der Waals surface area (Å²) >= 11 is 0. The molecule has 25 heavy (non-hydrogen) atoms. The maximum Gasteiger partial charge on any atom is 0.246 e. The summed E-state index contributed by atoms with van der Waals surface area (Å²) in [5.41, 5.74) is 0.964. The molecule has 134 valence electrons. The van der Waals surface area contributed by atoms with Gasteiger partial charge in [-0.1, -0.05) is 12.1 Å². The van der Waals surface area contributed by atoms with E-state index in [-0.39, 0.29) is 11.8 Å². The third-order valence-electron chi connectivity index (χ3n) is 4.92. The summed E-state index contributed by atoms with van der Waals surface area (Å²) in [5.74, 6) is 0.934. The van der Waals surface area contributed by atoms with E-state index in [0.717, 1.165) is 24.2 Å². The highest BCUT2D eigenvalue weighted by atomic mass is 16.5. The molecule has 0 atom stereocenters. The molecule has 1 saturated heterocycles. The van der Waals surface area contributed by atoms with Gasteiger partial charge in [0.25, 0.3) is 0 Å². The second-order valence-corrected chi connectivity index (χ2v) is 6.76. The number of carbonyl (C=O) groups is 2. The maximum absolute atomic E-state index is 12.3. The Balaban J connectivity index is 1.54. The number of benzene rings is 1. The van der Waals surface area contributed by atoms with E-state index in [1.807, 2.05) is 30.3 Å². The first-order valence-corrected chi connectivity index (χ1v) is 9.11. The van der Waals surface area contributed by atoms with Crippen molar-refractivity contribution in [3.05, 3.63) is 35.9 Å². The maximum atomic E-state index is 12.3. The topological polar surface area (TPSA) is 49.9 Å². The Labute approximate surface area is 149 Å². The van der Waals surface area contributed by atoms with Gasteiger partial charge in [0.1, 0.15) is 5.75 Å². The molecule has 0 aromatic heterocycles. The van der Waals surface area contributed by atoms with Gasteiger partial charge in [-0.25, -0.2) is 0 Å². The number of amides is 2. The average molecular weight is 342 g/mol. The van der Waals surface area contributed by atoms with Crippen molar-refractivity contribution in [1.29, 1.82) is 0 Å².